The lowest BCUT2D eigenvalue weighted by molar-refractivity contribution is -0.319. The number of ether oxygens (including phenoxy) is 4. The molecule has 0 bridgehead atoms. The molecule has 5 fully saturated rings. The SMILES string of the molecule is C[C@]12C=CC(=O)C=C1CC[C@@H]1[C@@H]2[C@@H](O)C[C@@]2(C)[C@H]1CC[C@]2(O)C(=O)COC1(CO)O[C@H](CO)[C@@H](O[C@@H]2O[C@H](CO)[C@H](O)[C@H](O)[C@H]2O)[C@@H]1O. The highest BCUT2D eigenvalue weighted by Crippen LogP contribution is 2.67. The minimum absolute atomic E-state index is 0.0316. The van der Waals surface area contributed by atoms with E-state index in [2.05, 4.69) is 0 Å². The summed E-state index contributed by atoms with van der Waals surface area (Å²) in [6.45, 7) is 0.478. The number of rotatable bonds is 9. The van der Waals surface area contributed by atoms with E-state index in [0.29, 0.717) is 19.3 Å². The molecule has 0 radical (unpaired) electrons. The maximum Gasteiger partial charge on any atom is 0.222 e. The molecule has 3 saturated carbocycles. The number of aliphatic hydroxyl groups excluding tert-OH is 8. The summed E-state index contributed by atoms with van der Waals surface area (Å²) in [6, 6.07) is 0. The molecular formula is C33H48O15. The maximum absolute atomic E-state index is 13.9. The van der Waals surface area contributed by atoms with Gasteiger partial charge in [-0.25, -0.2) is 0 Å². The van der Waals surface area contributed by atoms with E-state index in [1.807, 2.05) is 13.0 Å². The molecule has 2 saturated heterocycles. The molecule has 15 heteroatoms. The van der Waals surface area contributed by atoms with Gasteiger partial charge in [-0.3, -0.25) is 9.59 Å². The topological polar surface area (TPSA) is 253 Å². The molecule has 16 atom stereocenters. The van der Waals surface area contributed by atoms with Gasteiger partial charge in [0.1, 0.15) is 61.5 Å². The minimum Gasteiger partial charge on any atom is -0.394 e. The molecule has 6 aliphatic rings. The normalized spacial score (nSPS) is 51.6. The maximum atomic E-state index is 13.9. The van der Waals surface area contributed by atoms with Crippen molar-refractivity contribution in [1.29, 1.82) is 0 Å². The molecule has 4 aliphatic carbocycles. The molecule has 0 amide bonds. The first kappa shape index (κ1) is 36.1. The Morgan fingerprint density at radius 3 is 2.38 bits per heavy atom. The molecule has 48 heavy (non-hydrogen) atoms. The first-order valence-electron chi connectivity index (χ1n) is 16.7. The fraction of sp³-hybridized carbons (Fsp3) is 0.818. The predicted octanol–water partition coefficient (Wildman–Crippen LogP) is -2.79. The van der Waals surface area contributed by atoms with Crippen LogP contribution in [-0.4, -0.2) is 150 Å². The Morgan fingerprint density at radius 2 is 1.71 bits per heavy atom. The van der Waals surface area contributed by atoms with E-state index in [1.54, 1.807) is 13.0 Å². The zero-order valence-electron chi connectivity index (χ0n) is 27.0. The molecule has 15 nitrogen and oxygen atoms in total. The van der Waals surface area contributed by atoms with Gasteiger partial charge in [0.15, 0.2) is 17.9 Å². The van der Waals surface area contributed by atoms with Crippen LogP contribution < -0.4 is 0 Å². The number of aliphatic hydroxyl groups is 9. The summed E-state index contributed by atoms with van der Waals surface area (Å²) in [4.78, 5) is 26.0. The van der Waals surface area contributed by atoms with Crippen LogP contribution in [0.1, 0.15) is 46.0 Å². The standard InChI is InChI=1S/C33H48O15/c1-30-7-5-16(37)9-15(30)3-4-17-18-6-8-32(44,31(18,2)10-19(38)23(17)30)22(39)13-45-33(14-36)28(43)27(21(12-35)48-33)47-29-26(42)25(41)24(40)20(11-34)46-29/h5,7,9,17-21,23-29,34-36,38,40-44H,3-4,6,8,10-14H2,1-2H3/t17-,18-,19-,20+,21+,23+,24-,25-,26+,27+,28-,29-,30-,31-,32-,33?/m0/s1. The zero-order valence-corrected chi connectivity index (χ0v) is 27.0. The van der Waals surface area contributed by atoms with Crippen LogP contribution >= 0.6 is 0 Å². The summed E-state index contributed by atoms with van der Waals surface area (Å²) >= 11 is 0. The highest BCUT2D eigenvalue weighted by Gasteiger charge is 2.68. The second-order valence-corrected chi connectivity index (χ2v) is 14.9. The number of Topliss-reactive ketones (excluding diaryl/α,β-unsaturated/α-hetero) is 1. The van der Waals surface area contributed by atoms with Gasteiger partial charge in [-0.05, 0) is 56.1 Å². The van der Waals surface area contributed by atoms with Crippen molar-refractivity contribution in [2.45, 2.75) is 112 Å². The van der Waals surface area contributed by atoms with E-state index in [9.17, 15) is 55.5 Å². The van der Waals surface area contributed by atoms with Gasteiger partial charge >= 0.3 is 0 Å². The van der Waals surface area contributed by atoms with Crippen molar-refractivity contribution in [2.24, 2.45) is 28.6 Å². The number of allylic oxidation sites excluding steroid dienone is 4. The first-order chi connectivity index (χ1) is 22.6. The van der Waals surface area contributed by atoms with Crippen molar-refractivity contribution in [3.05, 3.63) is 23.8 Å². The van der Waals surface area contributed by atoms with Crippen LogP contribution in [0.15, 0.2) is 23.8 Å². The van der Waals surface area contributed by atoms with Gasteiger partial charge in [0.2, 0.25) is 5.79 Å². The molecule has 0 aromatic rings. The van der Waals surface area contributed by atoms with E-state index in [-0.39, 0.29) is 36.4 Å². The molecule has 270 valence electrons. The lowest BCUT2D eigenvalue weighted by Crippen LogP contribution is -2.62. The number of carbonyl (C=O) groups excluding carboxylic acids is 2. The third-order valence-electron chi connectivity index (χ3n) is 12.6. The van der Waals surface area contributed by atoms with E-state index in [4.69, 9.17) is 18.9 Å². The molecule has 0 spiro atoms. The minimum atomic E-state index is -2.32. The van der Waals surface area contributed by atoms with Crippen molar-refractivity contribution >= 4 is 11.6 Å². The number of ketones is 2. The van der Waals surface area contributed by atoms with Crippen LogP contribution in [0.5, 0.6) is 0 Å². The van der Waals surface area contributed by atoms with Crippen molar-refractivity contribution in [3.8, 4) is 0 Å². The molecule has 0 aromatic carbocycles. The third-order valence-corrected chi connectivity index (χ3v) is 12.6. The fourth-order valence-corrected chi connectivity index (χ4v) is 9.88. The lowest BCUT2D eigenvalue weighted by atomic mass is 9.46. The van der Waals surface area contributed by atoms with Gasteiger partial charge in [-0.15, -0.1) is 0 Å². The van der Waals surface area contributed by atoms with E-state index < -0.39 is 110 Å². The van der Waals surface area contributed by atoms with Gasteiger partial charge in [-0.2, -0.15) is 0 Å². The first-order valence-corrected chi connectivity index (χ1v) is 16.7. The molecular weight excluding hydrogens is 636 g/mol. The summed E-state index contributed by atoms with van der Waals surface area (Å²) in [5.41, 5.74) is -2.51. The smallest absolute Gasteiger partial charge is 0.222 e. The summed E-state index contributed by atoms with van der Waals surface area (Å²) in [6.07, 6.45) is -6.85. The third kappa shape index (κ3) is 5.29. The lowest BCUT2D eigenvalue weighted by Gasteiger charge is -2.59. The number of fused-ring (bicyclic) bond motifs is 5. The second-order valence-electron chi connectivity index (χ2n) is 14.9. The average Bonchev–Trinajstić information content (AvgIpc) is 3.49. The van der Waals surface area contributed by atoms with Crippen LogP contribution in [0.4, 0.5) is 0 Å². The van der Waals surface area contributed by atoms with Crippen LogP contribution in [0.2, 0.25) is 0 Å². The molecule has 6 rings (SSSR count). The molecule has 2 aliphatic heterocycles. The summed E-state index contributed by atoms with van der Waals surface area (Å²) in [5.74, 6) is -3.50. The van der Waals surface area contributed by atoms with E-state index in [0.717, 1.165) is 5.57 Å². The van der Waals surface area contributed by atoms with Crippen molar-refractivity contribution < 1.29 is 74.5 Å². The Balaban J connectivity index is 1.17. The molecule has 2 heterocycles. The monoisotopic (exact) mass is 684 g/mol. The van der Waals surface area contributed by atoms with Crippen molar-refractivity contribution in [1.82, 2.24) is 0 Å². The Kier molecular flexibility index (Phi) is 9.64. The van der Waals surface area contributed by atoms with Crippen LogP contribution in [0.25, 0.3) is 0 Å². The molecule has 0 aromatic heterocycles. The van der Waals surface area contributed by atoms with Gasteiger partial charge in [0.25, 0.3) is 0 Å². The number of carbonyl (C=O) groups is 2. The number of hydrogen-bond donors (Lipinski definition) is 9. The quantitative estimate of drug-likeness (QED) is 0.119. The van der Waals surface area contributed by atoms with Crippen LogP contribution in [0.3, 0.4) is 0 Å². The molecule has 1 unspecified atom stereocenters. The van der Waals surface area contributed by atoms with Gasteiger partial charge in [0.05, 0.1) is 19.3 Å². The fourth-order valence-electron chi connectivity index (χ4n) is 9.88. The van der Waals surface area contributed by atoms with E-state index >= 15 is 0 Å². The Hall–Kier alpha value is -1.70. The second kappa shape index (κ2) is 12.8. The predicted molar refractivity (Wildman–Crippen MR) is 160 cm³/mol. The number of hydrogen-bond acceptors (Lipinski definition) is 15. The zero-order chi connectivity index (χ0) is 35.0. The highest BCUT2D eigenvalue weighted by molar-refractivity contribution is 6.01. The van der Waals surface area contributed by atoms with Crippen LogP contribution in [-0.2, 0) is 28.5 Å². The highest BCUT2D eigenvalue weighted by atomic mass is 16.8. The van der Waals surface area contributed by atoms with Gasteiger partial charge in [0, 0.05) is 16.7 Å². The van der Waals surface area contributed by atoms with Gasteiger partial charge < -0.3 is 64.9 Å². The van der Waals surface area contributed by atoms with Crippen molar-refractivity contribution in [2.75, 3.05) is 26.4 Å². The van der Waals surface area contributed by atoms with Gasteiger partial charge in [-0.1, -0.05) is 25.5 Å². The summed E-state index contributed by atoms with van der Waals surface area (Å²) < 4.78 is 22.4. The largest absolute Gasteiger partial charge is 0.394 e. The van der Waals surface area contributed by atoms with E-state index in [1.165, 1.54) is 6.08 Å². The summed E-state index contributed by atoms with van der Waals surface area (Å²) in [5, 5.41) is 95.4. The Bertz CT molecular complexity index is 1320. The Morgan fingerprint density at radius 1 is 1.00 bits per heavy atom. The molecule has 9 N–H and O–H groups in total. The average molecular weight is 685 g/mol. The Labute approximate surface area is 277 Å². The van der Waals surface area contributed by atoms with Crippen molar-refractivity contribution in [3.63, 3.8) is 0 Å². The van der Waals surface area contributed by atoms with Crippen LogP contribution in [0, 0.1) is 28.6 Å². The summed E-state index contributed by atoms with van der Waals surface area (Å²) in [7, 11) is 0.